The SMILES string of the molecule is CC(CCN)c1ccc(F)c(S(C)(=O)=O)c1. The molecule has 3 nitrogen and oxygen atoms in total. The Balaban J connectivity index is 3.18. The molecule has 0 aliphatic heterocycles. The summed E-state index contributed by atoms with van der Waals surface area (Å²) in [5, 5.41) is 0. The quantitative estimate of drug-likeness (QED) is 0.878. The molecule has 0 amide bonds. The fraction of sp³-hybridized carbons (Fsp3) is 0.455. The Labute approximate surface area is 95.4 Å². The molecular formula is C11H16FNO2S. The van der Waals surface area contributed by atoms with E-state index in [-0.39, 0.29) is 10.8 Å². The fourth-order valence-corrected chi connectivity index (χ4v) is 2.30. The Morgan fingerprint density at radius 1 is 1.44 bits per heavy atom. The molecule has 0 aromatic heterocycles. The summed E-state index contributed by atoms with van der Waals surface area (Å²) >= 11 is 0. The molecule has 2 N–H and O–H groups in total. The highest BCUT2D eigenvalue weighted by Gasteiger charge is 2.16. The lowest BCUT2D eigenvalue weighted by molar-refractivity contribution is 0.568. The fourth-order valence-electron chi connectivity index (χ4n) is 1.53. The molecule has 5 heteroatoms. The summed E-state index contributed by atoms with van der Waals surface area (Å²) in [7, 11) is -3.51. The van der Waals surface area contributed by atoms with Crippen LogP contribution in [0.15, 0.2) is 23.1 Å². The van der Waals surface area contributed by atoms with E-state index in [0.717, 1.165) is 18.2 Å². The van der Waals surface area contributed by atoms with Crippen LogP contribution in [-0.4, -0.2) is 21.2 Å². The molecule has 0 fully saturated rings. The van der Waals surface area contributed by atoms with Crippen LogP contribution in [0.4, 0.5) is 4.39 Å². The van der Waals surface area contributed by atoms with Gasteiger partial charge in [0.05, 0.1) is 0 Å². The molecule has 0 spiro atoms. The lowest BCUT2D eigenvalue weighted by Crippen LogP contribution is -2.07. The smallest absolute Gasteiger partial charge is 0.178 e. The largest absolute Gasteiger partial charge is 0.330 e. The Bertz CT molecular complexity index is 471. The molecule has 16 heavy (non-hydrogen) atoms. The summed E-state index contributed by atoms with van der Waals surface area (Å²) in [5.74, 6) is -0.572. The van der Waals surface area contributed by atoms with Crippen LogP contribution >= 0.6 is 0 Å². The zero-order valence-electron chi connectivity index (χ0n) is 9.40. The van der Waals surface area contributed by atoms with E-state index in [4.69, 9.17) is 5.73 Å². The van der Waals surface area contributed by atoms with Crippen molar-refractivity contribution in [3.8, 4) is 0 Å². The van der Waals surface area contributed by atoms with Crippen molar-refractivity contribution < 1.29 is 12.8 Å². The van der Waals surface area contributed by atoms with Gasteiger partial charge in [-0.3, -0.25) is 0 Å². The van der Waals surface area contributed by atoms with Crippen LogP contribution in [0.25, 0.3) is 0 Å². The average molecular weight is 245 g/mol. The summed E-state index contributed by atoms with van der Waals surface area (Å²) in [5.41, 5.74) is 6.23. The van der Waals surface area contributed by atoms with Crippen LogP contribution in [0, 0.1) is 5.82 Å². The topological polar surface area (TPSA) is 60.2 Å². The number of benzene rings is 1. The third-order valence-corrected chi connectivity index (χ3v) is 3.64. The van der Waals surface area contributed by atoms with E-state index in [0.29, 0.717) is 6.54 Å². The van der Waals surface area contributed by atoms with Gasteiger partial charge in [-0.2, -0.15) is 0 Å². The highest BCUT2D eigenvalue weighted by atomic mass is 32.2. The Morgan fingerprint density at radius 3 is 2.56 bits per heavy atom. The summed E-state index contributed by atoms with van der Waals surface area (Å²) in [6, 6.07) is 4.19. The predicted molar refractivity (Wildman–Crippen MR) is 61.6 cm³/mol. The van der Waals surface area contributed by atoms with E-state index in [1.807, 2.05) is 6.92 Å². The lowest BCUT2D eigenvalue weighted by Gasteiger charge is -2.12. The molecule has 0 aliphatic rings. The van der Waals surface area contributed by atoms with Crippen molar-refractivity contribution >= 4 is 9.84 Å². The Kier molecular flexibility index (Phi) is 4.04. The van der Waals surface area contributed by atoms with Gasteiger partial charge in [0.15, 0.2) is 9.84 Å². The first-order valence-corrected chi connectivity index (χ1v) is 6.95. The second kappa shape index (κ2) is 4.93. The minimum Gasteiger partial charge on any atom is -0.330 e. The molecule has 0 bridgehead atoms. The Morgan fingerprint density at radius 2 is 2.06 bits per heavy atom. The maximum Gasteiger partial charge on any atom is 0.178 e. The first-order valence-electron chi connectivity index (χ1n) is 5.06. The molecule has 0 saturated carbocycles. The van der Waals surface area contributed by atoms with Gasteiger partial charge in [0.1, 0.15) is 10.7 Å². The summed E-state index contributed by atoms with van der Waals surface area (Å²) in [4.78, 5) is -0.242. The van der Waals surface area contributed by atoms with Crippen LogP contribution in [0.3, 0.4) is 0 Å². The normalized spacial score (nSPS) is 13.8. The van der Waals surface area contributed by atoms with Crippen molar-refractivity contribution in [2.24, 2.45) is 5.73 Å². The molecule has 1 atom stereocenters. The van der Waals surface area contributed by atoms with Crippen LogP contribution < -0.4 is 5.73 Å². The maximum absolute atomic E-state index is 13.3. The first kappa shape index (κ1) is 13.1. The van der Waals surface area contributed by atoms with Gasteiger partial charge < -0.3 is 5.73 Å². The molecule has 1 aromatic carbocycles. The minimum absolute atomic E-state index is 0.131. The number of hydrogen-bond donors (Lipinski definition) is 1. The number of sulfone groups is 1. The van der Waals surface area contributed by atoms with E-state index in [1.54, 1.807) is 6.07 Å². The number of nitrogens with two attached hydrogens (primary N) is 1. The van der Waals surface area contributed by atoms with E-state index in [1.165, 1.54) is 12.1 Å². The molecule has 0 radical (unpaired) electrons. The average Bonchev–Trinajstić information content (AvgIpc) is 2.16. The molecule has 1 rings (SSSR count). The number of halogens is 1. The van der Waals surface area contributed by atoms with Crippen LogP contribution in [0.1, 0.15) is 24.8 Å². The Hall–Kier alpha value is -0.940. The monoisotopic (exact) mass is 245 g/mol. The van der Waals surface area contributed by atoms with Gasteiger partial charge in [0.25, 0.3) is 0 Å². The number of rotatable bonds is 4. The molecular weight excluding hydrogens is 229 g/mol. The van der Waals surface area contributed by atoms with Gasteiger partial charge in [-0.05, 0) is 36.6 Å². The van der Waals surface area contributed by atoms with Gasteiger partial charge in [-0.1, -0.05) is 13.0 Å². The molecule has 0 saturated heterocycles. The number of hydrogen-bond acceptors (Lipinski definition) is 3. The summed E-state index contributed by atoms with van der Waals surface area (Å²) in [6.07, 6.45) is 1.75. The molecule has 0 aliphatic carbocycles. The lowest BCUT2D eigenvalue weighted by atomic mass is 9.98. The van der Waals surface area contributed by atoms with E-state index in [2.05, 4.69) is 0 Å². The maximum atomic E-state index is 13.3. The first-order chi connectivity index (χ1) is 7.36. The van der Waals surface area contributed by atoms with Gasteiger partial charge in [-0.25, -0.2) is 12.8 Å². The van der Waals surface area contributed by atoms with Crippen LogP contribution in [0.5, 0.6) is 0 Å². The standard InChI is InChI=1S/C11H16FNO2S/c1-8(5-6-13)9-3-4-10(12)11(7-9)16(2,14)15/h3-4,7-8H,5-6,13H2,1-2H3. The zero-order valence-corrected chi connectivity index (χ0v) is 10.2. The van der Waals surface area contributed by atoms with Crippen molar-refractivity contribution in [3.05, 3.63) is 29.6 Å². The summed E-state index contributed by atoms with van der Waals surface area (Å²) < 4.78 is 36.0. The highest BCUT2D eigenvalue weighted by Crippen LogP contribution is 2.23. The van der Waals surface area contributed by atoms with Crippen molar-refractivity contribution in [2.75, 3.05) is 12.8 Å². The van der Waals surface area contributed by atoms with Crippen molar-refractivity contribution in [1.82, 2.24) is 0 Å². The second-order valence-electron chi connectivity index (χ2n) is 3.94. The molecule has 1 unspecified atom stereocenters. The van der Waals surface area contributed by atoms with Crippen molar-refractivity contribution in [2.45, 2.75) is 24.2 Å². The van der Waals surface area contributed by atoms with Gasteiger partial charge in [0, 0.05) is 6.26 Å². The third kappa shape index (κ3) is 3.02. The van der Waals surface area contributed by atoms with E-state index >= 15 is 0 Å². The van der Waals surface area contributed by atoms with Gasteiger partial charge in [0.2, 0.25) is 0 Å². The summed E-state index contributed by atoms with van der Waals surface area (Å²) in [6.45, 7) is 2.46. The van der Waals surface area contributed by atoms with Crippen LogP contribution in [0.2, 0.25) is 0 Å². The van der Waals surface area contributed by atoms with E-state index < -0.39 is 15.7 Å². The van der Waals surface area contributed by atoms with Crippen LogP contribution in [-0.2, 0) is 9.84 Å². The van der Waals surface area contributed by atoms with Crippen molar-refractivity contribution in [3.63, 3.8) is 0 Å². The minimum atomic E-state index is -3.51. The van der Waals surface area contributed by atoms with E-state index in [9.17, 15) is 12.8 Å². The molecule has 1 aromatic rings. The zero-order chi connectivity index (χ0) is 12.3. The van der Waals surface area contributed by atoms with Gasteiger partial charge >= 0.3 is 0 Å². The second-order valence-corrected chi connectivity index (χ2v) is 5.92. The third-order valence-electron chi connectivity index (χ3n) is 2.52. The van der Waals surface area contributed by atoms with Crippen molar-refractivity contribution in [1.29, 1.82) is 0 Å². The van der Waals surface area contributed by atoms with Gasteiger partial charge in [-0.15, -0.1) is 0 Å². The predicted octanol–water partition coefficient (Wildman–Crippen LogP) is 1.68. The molecule has 0 heterocycles. The molecule has 90 valence electrons. The highest BCUT2D eigenvalue weighted by molar-refractivity contribution is 7.90.